The lowest BCUT2D eigenvalue weighted by Crippen LogP contribution is -2.25. The summed E-state index contributed by atoms with van der Waals surface area (Å²) in [7, 11) is 1.56. The number of carbonyl (C=O) groups excluding carboxylic acids is 1. The number of amides is 1. The van der Waals surface area contributed by atoms with Gasteiger partial charge in [0, 0.05) is 44.7 Å². The van der Waals surface area contributed by atoms with Crippen molar-refractivity contribution in [3.8, 4) is 11.8 Å². The molecule has 0 radical (unpaired) electrons. The van der Waals surface area contributed by atoms with Crippen molar-refractivity contribution in [1.82, 2.24) is 15.3 Å². The molecule has 2 aromatic heterocycles. The summed E-state index contributed by atoms with van der Waals surface area (Å²) < 4.78 is 5.98. The Balaban J connectivity index is 1.69. The highest BCUT2D eigenvalue weighted by Gasteiger charge is 2.26. The smallest absolute Gasteiger partial charge is 0.269 e. The summed E-state index contributed by atoms with van der Waals surface area (Å²) in [6, 6.07) is 7.38. The van der Waals surface area contributed by atoms with Crippen molar-refractivity contribution in [2.45, 2.75) is 12.5 Å². The van der Waals surface area contributed by atoms with Gasteiger partial charge in [0.2, 0.25) is 0 Å². The molecular weight excluding hydrogens is 306 g/mol. The zero-order valence-electron chi connectivity index (χ0n) is 13.3. The second kappa shape index (κ2) is 6.96. The molecule has 7 heteroatoms. The normalized spacial score (nSPS) is 16.5. The van der Waals surface area contributed by atoms with E-state index in [1.807, 2.05) is 6.07 Å². The van der Waals surface area contributed by atoms with Crippen molar-refractivity contribution in [1.29, 1.82) is 5.26 Å². The average Bonchev–Trinajstić information content (AvgIpc) is 3.09. The lowest BCUT2D eigenvalue weighted by Gasteiger charge is -2.20. The summed E-state index contributed by atoms with van der Waals surface area (Å²) in [4.78, 5) is 21.8. The number of aromatic nitrogens is 2. The molecule has 0 aliphatic carbocycles. The minimum atomic E-state index is -0.246. The number of nitrogens with zero attached hydrogens (tertiary/aromatic N) is 4. The molecule has 0 aromatic carbocycles. The molecule has 1 unspecified atom stereocenters. The lowest BCUT2D eigenvalue weighted by atomic mass is 10.2. The van der Waals surface area contributed by atoms with Crippen LogP contribution in [0.1, 0.15) is 22.5 Å². The summed E-state index contributed by atoms with van der Waals surface area (Å²) >= 11 is 0. The molecule has 1 fully saturated rings. The Labute approximate surface area is 139 Å². The van der Waals surface area contributed by atoms with Crippen molar-refractivity contribution in [2.75, 3.05) is 25.0 Å². The van der Waals surface area contributed by atoms with Crippen LogP contribution in [0.3, 0.4) is 0 Å². The van der Waals surface area contributed by atoms with Crippen molar-refractivity contribution >= 4 is 11.6 Å². The van der Waals surface area contributed by atoms with E-state index in [0.29, 0.717) is 23.6 Å². The molecule has 24 heavy (non-hydrogen) atoms. The Morgan fingerprint density at radius 3 is 3.12 bits per heavy atom. The molecule has 0 spiro atoms. The summed E-state index contributed by atoms with van der Waals surface area (Å²) in [5, 5.41) is 11.7. The molecule has 0 saturated carbocycles. The van der Waals surface area contributed by atoms with Crippen molar-refractivity contribution in [2.24, 2.45) is 0 Å². The van der Waals surface area contributed by atoms with E-state index in [1.54, 1.807) is 37.8 Å². The minimum Gasteiger partial charge on any atom is -0.488 e. The van der Waals surface area contributed by atoms with Crippen LogP contribution in [0.2, 0.25) is 0 Å². The van der Waals surface area contributed by atoms with E-state index in [9.17, 15) is 10.1 Å². The highest BCUT2D eigenvalue weighted by molar-refractivity contribution is 5.92. The Bertz CT molecular complexity index is 787. The van der Waals surface area contributed by atoms with E-state index in [-0.39, 0.29) is 12.0 Å². The molecule has 0 bridgehead atoms. The van der Waals surface area contributed by atoms with E-state index >= 15 is 0 Å². The molecule has 3 rings (SSSR count). The molecular formula is C17H17N5O2. The number of pyridine rings is 2. The van der Waals surface area contributed by atoms with Crippen molar-refractivity contribution in [3.63, 3.8) is 0 Å². The highest BCUT2D eigenvalue weighted by atomic mass is 16.5. The van der Waals surface area contributed by atoms with Gasteiger partial charge in [0.05, 0.1) is 17.8 Å². The van der Waals surface area contributed by atoms with Crippen molar-refractivity contribution in [3.05, 3.63) is 48.0 Å². The number of nitrogens with one attached hydrogen (secondary N) is 1. The highest BCUT2D eigenvalue weighted by Crippen LogP contribution is 2.25. The first-order chi connectivity index (χ1) is 11.7. The monoisotopic (exact) mass is 323 g/mol. The van der Waals surface area contributed by atoms with Crippen LogP contribution < -0.4 is 15.0 Å². The number of anilines is 1. The molecule has 122 valence electrons. The van der Waals surface area contributed by atoms with Gasteiger partial charge in [0.1, 0.15) is 23.6 Å². The third-order valence-electron chi connectivity index (χ3n) is 3.90. The zero-order chi connectivity index (χ0) is 16.9. The van der Waals surface area contributed by atoms with Gasteiger partial charge in [0.25, 0.3) is 5.91 Å². The second-order valence-electron chi connectivity index (χ2n) is 5.44. The van der Waals surface area contributed by atoms with Crippen LogP contribution in [0.15, 0.2) is 36.8 Å². The van der Waals surface area contributed by atoms with Gasteiger partial charge in [-0.25, -0.2) is 0 Å². The molecule has 1 atom stereocenters. The molecule has 2 aromatic rings. The SMILES string of the molecule is CNC(=O)c1cc(OC2CCN(c3ccncc3C#N)C2)ccn1. The van der Waals surface area contributed by atoms with Gasteiger partial charge in [-0.1, -0.05) is 0 Å². The van der Waals surface area contributed by atoms with E-state index in [1.165, 1.54) is 0 Å². The van der Waals surface area contributed by atoms with Gasteiger partial charge in [-0.3, -0.25) is 14.8 Å². The number of hydrogen-bond acceptors (Lipinski definition) is 6. The number of carbonyl (C=O) groups is 1. The average molecular weight is 323 g/mol. The van der Waals surface area contributed by atoms with Gasteiger partial charge in [-0.15, -0.1) is 0 Å². The minimum absolute atomic E-state index is 0.00959. The predicted molar refractivity (Wildman–Crippen MR) is 87.8 cm³/mol. The fourth-order valence-corrected chi connectivity index (χ4v) is 2.72. The predicted octanol–water partition coefficient (Wildman–Crippen LogP) is 1.37. The first-order valence-electron chi connectivity index (χ1n) is 7.65. The van der Waals surface area contributed by atoms with Gasteiger partial charge < -0.3 is 15.0 Å². The fourth-order valence-electron chi connectivity index (χ4n) is 2.72. The van der Waals surface area contributed by atoms with Gasteiger partial charge in [-0.2, -0.15) is 5.26 Å². The Morgan fingerprint density at radius 1 is 1.46 bits per heavy atom. The van der Waals surface area contributed by atoms with Gasteiger partial charge in [0.15, 0.2) is 0 Å². The number of nitriles is 1. The molecule has 1 aliphatic rings. The molecule has 1 amide bonds. The molecule has 1 aliphatic heterocycles. The number of rotatable bonds is 4. The quantitative estimate of drug-likeness (QED) is 0.913. The van der Waals surface area contributed by atoms with Crippen LogP contribution in [-0.4, -0.2) is 42.1 Å². The third kappa shape index (κ3) is 3.27. The maximum absolute atomic E-state index is 11.6. The number of ether oxygens (including phenoxy) is 1. The molecule has 3 heterocycles. The van der Waals surface area contributed by atoms with Gasteiger partial charge in [-0.05, 0) is 12.1 Å². The second-order valence-corrected chi connectivity index (χ2v) is 5.44. The Morgan fingerprint density at radius 2 is 2.33 bits per heavy atom. The summed E-state index contributed by atoms with van der Waals surface area (Å²) in [5.74, 6) is 0.370. The first-order valence-corrected chi connectivity index (χ1v) is 7.65. The molecule has 1 saturated heterocycles. The van der Waals surface area contributed by atoms with Crippen molar-refractivity contribution < 1.29 is 9.53 Å². The van der Waals surface area contributed by atoms with Crippen LogP contribution in [0.25, 0.3) is 0 Å². The fraction of sp³-hybridized carbons (Fsp3) is 0.294. The summed E-state index contributed by atoms with van der Waals surface area (Å²) in [6.07, 6.45) is 5.64. The summed E-state index contributed by atoms with van der Waals surface area (Å²) in [5.41, 5.74) is 1.76. The molecule has 7 nitrogen and oxygen atoms in total. The van der Waals surface area contributed by atoms with Crippen LogP contribution in [0.4, 0.5) is 5.69 Å². The largest absolute Gasteiger partial charge is 0.488 e. The topological polar surface area (TPSA) is 91.1 Å². The number of hydrogen-bond donors (Lipinski definition) is 1. The summed E-state index contributed by atoms with van der Waals surface area (Å²) in [6.45, 7) is 1.48. The maximum Gasteiger partial charge on any atom is 0.269 e. The van der Waals surface area contributed by atoms with Crippen LogP contribution in [0.5, 0.6) is 5.75 Å². The Kier molecular flexibility index (Phi) is 4.57. The third-order valence-corrected chi connectivity index (χ3v) is 3.90. The van der Waals surface area contributed by atoms with Crippen LogP contribution in [0, 0.1) is 11.3 Å². The van der Waals surface area contributed by atoms with E-state index in [4.69, 9.17) is 4.74 Å². The first kappa shape index (κ1) is 15.7. The van der Waals surface area contributed by atoms with E-state index < -0.39 is 0 Å². The maximum atomic E-state index is 11.6. The zero-order valence-corrected chi connectivity index (χ0v) is 13.3. The van der Waals surface area contributed by atoms with E-state index in [2.05, 4.69) is 26.3 Å². The standard InChI is InChI=1S/C17H17N5O2/c1-19-17(23)15-8-13(2-6-21-15)24-14-4-7-22(11-14)16-3-5-20-10-12(16)9-18/h2-3,5-6,8,10,14H,4,7,11H2,1H3,(H,19,23). The van der Waals surface area contributed by atoms with Crippen LogP contribution in [-0.2, 0) is 0 Å². The van der Waals surface area contributed by atoms with Gasteiger partial charge >= 0.3 is 0 Å². The molecule has 1 N–H and O–H groups in total. The Hall–Kier alpha value is -3.14. The van der Waals surface area contributed by atoms with E-state index in [0.717, 1.165) is 18.7 Å². The lowest BCUT2D eigenvalue weighted by molar-refractivity contribution is 0.0957. The van der Waals surface area contributed by atoms with Crippen LogP contribution >= 0.6 is 0 Å².